The van der Waals surface area contributed by atoms with Crippen LogP contribution in [0.25, 0.3) is 0 Å². The van der Waals surface area contributed by atoms with Gasteiger partial charge in [-0.3, -0.25) is 0 Å². The molecule has 0 saturated heterocycles. The van der Waals surface area contributed by atoms with Crippen molar-refractivity contribution in [2.75, 3.05) is 0 Å². The van der Waals surface area contributed by atoms with Gasteiger partial charge < -0.3 is 10.2 Å². The van der Waals surface area contributed by atoms with Crippen LogP contribution in [-0.2, 0) is 5.41 Å². The summed E-state index contributed by atoms with van der Waals surface area (Å²) >= 11 is 0. The highest BCUT2D eigenvalue weighted by Crippen LogP contribution is 2.45. The van der Waals surface area contributed by atoms with Gasteiger partial charge in [0, 0.05) is 5.41 Å². The number of aromatic hydroxyl groups is 2. The lowest BCUT2D eigenvalue weighted by Gasteiger charge is -2.38. The highest BCUT2D eigenvalue weighted by molar-refractivity contribution is 5.43. The monoisotopic (exact) mass is 267 g/mol. The lowest BCUT2D eigenvalue weighted by atomic mass is 9.65. The van der Waals surface area contributed by atoms with Crippen LogP contribution in [0.2, 0.25) is 0 Å². The summed E-state index contributed by atoms with van der Waals surface area (Å²) < 4.78 is 0. The highest BCUT2D eigenvalue weighted by atomic mass is 16.3. The number of rotatable bonds is 2. The van der Waals surface area contributed by atoms with E-state index in [1.807, 2.05) is 24.3 Å². The summed E-state index contributed by atoms with van der Waals surface area (Å²) in [5.41, 5.74) is 2.49. The molecule has 103 valence electrons. The summed E-state index contributed by atoms with van der Waals surface area (Å²) in [5.74, 6) is 0.606. The molecule has 1 fully saturated rings. The van der Waals surface area contributed by atoms with Gasteiger partial charge in [-0.2, -0.15) is 0 Å². The van der Waals surface area contributed by atoms with Crippen molar-refractivity contribution in [1.82, 2.24) is 0 Å². The minimum absolute atomic E-state index is 0.00382. The summed E-state index contributed by atoms with van der Waals surface area (Å²) in [6, 6.07) is 15.1. The zero-order valence-electron chi connectivity index (χ0n) is 11.4. The van der Waals surface area contributed by atoms with Crippen LogP contribution in [0.4, 0.5) is 0 Å². The largest absolute Gasteiger partial charge is 0.508 e. The van der Waals surface area contributed by atoms with Gasteiger partial charge >= 0.3 is 0 Å². The minimum atomic E-state index is -0.00382. The van der Waals surface area contributed by atoms with Gasteiger partial charge in [0.15, 0.2) is 0 Å². The molecule has 2 heteroatoms. The molecular weight excluding hydrogens is 248 g/mol. The summed E-state index contributed by atoms with van der Waals surface area (Å²) in [6.45, 7) is 0. The van der Waals surface area contributed by atoms with Gasteiger partial charge in [-0.05, 0) is 67.5 Å². The van der Waals surface area contributed by atoms with Crippen molar-refractivity contribution in [3.63, 3.8) is 0 Å². The third-order valence-corrected chi connectivity index (χ3v) is 4.39. The van der Waals surface area contributed by atoms with Crippen molar-refractivity contribution in [2.24, 2.45) is 0 Å². The second-order valence-electron chi connectivity index (χ2n) is 5.54. The molecule has 0 aromatic heterocycles. The molecular formula is C18H19O2. The van der Waals surface area contributed by atoms with E-state index >= 15 is 0 Å². The van der Waals surface area contributed by atoms with Gasteiger partial charge in [0.1, 0.15) is 11.5 Å². The number of hydrogen-bond acceptors (Lipinski definition) is 2. The molecule has 1 saturated carbocycles. The Bertz CT molecular complexity index is 516. The first-order valence-electron chi connectivity index (χ1n) is 7.11. The average molecular weight is 267 g/mol. The number of phenolic OH excluding ortho intramolecular Hbond substituents is 2. The van der Waals surface area contributed by atoms with E-state index in [-0.39, 0.29) is 5.41 Å². The van der Waals surface area contributed by atoms with Gasteiger partial charge in [-0.15, -0.1) is 0 Å². The first-order chi connectivity index (χ1) is 9.71. The molecule has 1 aliphatic carbocycles. The number of hydrogen-bond donors (Lipinski definition) is 2. The first kappa shape index (κ1) is 13.0. The average Bonchev–Trinajstić information content (AvgIpc) is 2.49. The zero-order valence-corrected chi connectivity index (χ0v) is 11.4. The Hall–Kier alpha value is -1.96. The summed E-state index contributed by atoms with van der Waals surface area (Å²) in [4.78, 5) is 0. The predicted octanol–water partition coefficient (Wildman–Crippen LogP) is 4.16. The quantitative estimate of drug-likeness (QED) is 0.857. The van der Waals surface area contributed by atoms with Crippen LogP contribution in [-0.4, -0.2) is 10.2 Å². The van der Waals surface area contributed by atoms with Crippen molar-refractivity contribution in [3.05, 3.63) is 66.1 Å². The second kappa shape index (κ2) is 5.20. The van der Waals surface area contributed by atoms with Gasteiger partial charge in [0.2, 0.25) is 0 Å². The van der Waals surface area contributed by atoms with E-state index in [0.717, 1.165) is 25.7 Å². The lowest BCUT2D eigenvalue weighted by molar-refractivity contribution is 0.390. The van der Waals surface area contributed by atoms with Crippen LogP contribution in [0.1, 0.15) is 36.8 Å². The molecule has 0 spiro atoms. The maximum Gasteiger partial charge on any atom is 0.115 e. The minimum Gasteiger partial charge on any atom is -0.508 e. The molecule has 1 aliphatic rings. The maximum atomic E-state index is 9.51. The van der Waals surface area contributed by atoms with Crippen LogP contribution >= 0.6 is 0 Å². The van der Waals surface area contributed by atoms with Gasteiger partial charge in [-0.1, -0.05) is 24.3 Å². The van der Waals surface area contributed by atoms with Gasteiger partial charge in [-0.25, -0.2) is 0 Å². The first-order valence-corrected chi connectivity index (χ1v) is 7.11. The Kier molecular flexibility index (Phi) is 3.39. The van der Waals surface area contributed by atoms with E-state index in [0.29, 0.717) is 11.5 Å². The number of phenols is 2. The fraction of sp³-hybridized carbons (Fsp3) is 0.278. The SMILES string of the molecule is Oc1ccc(C2(c3ccc(O)cc3)CC[CH]CC2)cc1. The smallest absolute Gasteiger partial charge is 0.115 e. The van der Waals surface area contributed by atoms with Crippen LogP contribution in [0, 0.1) is 6.42 Å². The summed E-state index contributed by atoms with van der Waals surface area (Å²) in [6.07, 6.45) is 6.69. The molecule has 2 aromatic carbocycles. The molecule has 1 radical (unpaired) electrons. The van der Waals surface area contributed by atoms with Gasteiger partial charge in [0.25, 0.3) is 0 Å². The highest BCUT2D eigenvalue weighted by Gasteiger charge is 2.35. The molecule has 20 heavy (non-hydrogen) atoms. The lowest BCUT2D eigenvalue weighted by Crippen LogP contribution is -2.30. The van der Waals surface area contributed by atoms with E-state index in [4.69, 9.17) is 0 Å². The molecule has 3 rings (SSSR count). The Morgan fingerprint density at radius 2 is 1.05 bits per heavy atom. The maximum absolute atomic E-state index is 9.51. The Labute approximate surface area is 119 Å². The van der Waals surface area contributed by atoms with Crippen molar-refractivity contribution < 1.29 is 10.2 Å². The van der Waals surface area contributed by atoms with Crippen molar-refractivity contribution in [3.8, 4) is 11.5 Å². The van der Waals surface area contributed by atoms with Crippen molar-refractivity contribution >= 4 is 0 Å². The summed E-state index contributed by atoms with van der Waals surface area (Å²) in [7, 11) is 0. The third-order valence-electron chi connectivity index (χ3n) is 4.39. The molecule has 2 nitrogen and oxygen atoms in total. The Morgan fingerprint density at radius 3 is 1.45 bits per heavy atom. The molecule has 0 heterocycles. The van der Waals surface area contributed by atoms with Crippen LogP contribution in [0.3, 0.4) is 0 Å². The molecule has 0 bridgehead atoms. The topological polar surface area (TPSA) is 40.5 Å². The third kappa shape index (κ3) is 2.26. The molecule has 0 aliphatic heterocycles. The van der Waals surface area contributed by atoms with E-state index in [1.165, 1.54) is 11.1 Å². The van der Waals surface area contributed by atoms with Crippen LogP contribution in [0.5, 0.6) is 11.5 Å². The van der Waals surface area contributed by atoms with E-state index in [2.05, 4.69) is 6.42 Å². The zero-order chi connectivity index (χ0) is 14.0. The second-order valence-corrected chi connectivity index (χ2v) is 5.54. The van der Waals surface area contributed by atoms with E-state index in [9.17, 15) is 10.2 Å². The summed E-state index contributed by atoms with van der Waals surface area (Å²) in [5, 5.41) is 19.0. The van der Waals surface area contributed by atoms with E-state index < -0.39 is 0 Å². The Balaban J connectivity index is 2.08. The fourth-order valence-corrected chi connectivity index (χ4v) is 3.27. The standard InChI is InChI=1S/C18H19O2/c19-16-8-4-14(5-9-16)18(12-2-1-3-13-18)15-6-10-17(20)11-7-15/h1,4-11,19-20H,2-3,12-13H2. The van der Waals surface area contributed by atoms with Crippen molar-refractivity contribution in [1.29, 1.82) is 0 Å². The van der Waals surface area contributed by atoms with E-state index in [1.54, 1.807) is 24.3 Å². The van der Waals surface area contributed by atoms with Crippen LogP contribution < -0.4 is 0 Å². The number of benzene rings is 2. The molecule has 0 atom stereocenters. The molecule has 0 unspecified atom stereocenters. The van der Waals surface area contributed by atoms with Crippen molar-refractivity contribution in [2.45, 2.75) is 31.1 Å². The van der Waals surface area contributed by atoms with Crippen LogP contribution in [0.15, 0.2) is 48.5 Å². The molecule has 2 N–H and O–H groups in total. The molecule has 2 aromatic rings. The van der Waals surface area contributed by atoms with Gasteiger partial charge in [0.05, 0.1) is 0 Å². The predicted molar refractivity (Wildman–Crippen MR) is 79.8 cm³/mol. The Morgan fingerprint density at radius 1 is 0.650 bits per heavy atom. The normalized spacial score (nSPS) is 17.8. The molecule has 0 amide bonds. The fourth-order valence-electron chi connectivity index (χ4n) is 3.27.